The minimum absolute atomic E-state index is 0.256. The van der Waals surface area contributed by atoms with E-state index >= 15 is 0 Å². The number of nitrogens with two attached hydrogens (primary N) is 1. The van der Waals surface area contributed by atoms with Gasteiger partial charge in [0.25, 0.3) is 0 Å². The predicted molar refractivity (Wildman–Crippen MR) is 82.9 cm³/mol. The second-order valence-corrected chi connectivity index (χ2v) is 5.55. The fraction of sp³-hybridized carbons (Fsp3) is 0.200. The highest BCUT2D eigenvalue weighted by Crippen LogP contribution is 2.35. The SMILES string of the molecule is NNC(c1ccc(Cl)c(Cl)c1)C1COc2ccccc2O1. The van der Waals surface area contributed by atoms with E-state index in [1.165, 1.54) is 0 Å². The van der Waals surface area contributed by atoms with Gasteiger partial charge in [-0.15, -0.1) is 0 Å². The molecule has 3 N–H and O–H groups in total. The molecule has 6 heteroatoms. The number of hydrazine groups is 1. The van der Waals surface area contributed by atoms with Crippen molar-refractivity contribution in [1.29, 1.82) is 0 Å². The van der Waals surface area contributed by atoms with E-state index in [1.807, 2.05) is 30.3 Å². The topological polar surface area (TPSA) is 56.5 Å². The van der Waals surface area contributed by atoms with Crippen LogP contribution in [-0.4, -0.2) is 12.7 Å². The summed E-state index contributed by atoms with van der Waals surface area (Å²) < 4.78 is 11.7. The quantitative estimate of drug-likeness (QED) is 0.671. The molecule has 0 saturated heterocycles. The first kappa shape index (κ1) is 14.5. The third-order valence-corrected chi connectivity index (χ3v) is 4.12. The maximum atomic E-state index is 6.06. The number of nitrogens with one attached hydrogen (secondary N) is 1. The van der Waals surface area contributed by atoms with Crippen LogP contribution in [0.3, 0.4) is 0 Å². The molecule has 0 radical (unpaired) electrons. The molecule has 2 unspecified atom stereocenters. The molecular weight excluding hydrogens is 311 g/mol. The first-order chi connectivity index (χ1) is 10.2. The van der Waals surface area contributed by atoms with Crippen molar-refractivity contribution in [3.8, 4) is 11.5 Å². The molecule has 4 nitrogen and oxygen atoms in total. The maximum Gasteiger partial charge on any atom is 0.161 e. The summed E-state index contributed by atoms with van der Waals surface area (Å²) in [6.45, 7) is 0.395. The molecule has 0 bridgehead atoms. The maximum absolute atomic E-state index is 6.06. The molecule has 0 saturated carbocycles. The molecule has 2 aromatic rings. The van der Waals surface area contributed by atoms with Crippen molar-refractivity contribution >= 4 is 23.2 Å². The second-order valence-electron chi connectivity index (χ2n) is 4.73. The second kappa shape index (κ2) is 6.12. The van der Waals surface area contributed by atoms with Crippen molar-refractivity contribution in [2.75, 3.05) is 6.61 Å². The zero-order valence-electron chi connectivity index (χ0n) is 11.1. The van der Waals surface area contributed by atoms with E-state index < -0.39 is 0 Å². The highest BCUT2D eigenvalue weighted by atomic mass is 35.5. The summed E-state index contributed by atoms with van der Waals surface area (Å²) in [6, 6.07) is 12.7. The van der Waals surface area contributed by atoms with Gasteiger partial charge in [-0.2, -0.15) is 0 Å². The molecule has 1 heterocycles. The summed E-state index contributed by atoms with van der Waals surface area (Å²) >= 11 is 12.0. The van der Waals surface area contributed by atoms with E-state index in [4.69, 9.17) is 38.5 Å². The first-order valence-corrected chi connectivity index (χ1v) is 7.24. The van der Waals surface area contributed by atoms with Crippen LogP contribution < -0.4 is 20.7 Å². The van der Waals surface area contributed by atoms with Gasteiger partial charge in [0.1, 0.15) is 6.61 Å². The minimum atomic E-state index is -0.262. The number of hydrogen-bond acceptors (Lipinski definition) is 4. The monoisotopic (exact) mass is 324 g/mol. The molecule has 1 aliphatic heterocycles. The molecule has 0 aliphatic carbocycles. The van der Waals surface area contributed by atoms with Gasteiger partial charge in [-0.3, -0.25) is 5.84 Å². The summed E-state index contributed by atoms with van der Waals surface area (Å²) in [7, 11) is 0. The van der Waals surface area contributed by atoms with Crippen molar-refractivity contribution in [2.45, 2.75) is 12.1 Å². The lowest BCUT2D eigenvalue weighted by molar-refractivity contribution is 0.0617. The molecule has 2 aromatic carbocycles. The Morgan fingerprint density at radius 3 is 2.57 bits per heavy atom. The third kappa shape index (κ3) is 2.94. The lowest BCUT2D eigenvalue weighted by Gasteiger charge is -2.32. The third-order valence-electron chi connectivity index (χ3n) is 3.38. The number of para-hydroxylation sites is 2. The number of fused-ring (bicyclic) bond motifs is 1. The minimum Gasteiger partial charge on any atom is -0.486 e. The van der Waals surface area contributed by atoms with Gasteiger partial charge < -0.3 is 9.47 Å². The highest BCUT2D eigenvalue weighted by Gasteiger charge is 2.29. The van der Waals surface area contributed by atoms with Crippen molar-refractivity contribution in [3.05, 3.63) is 58.1 Å². The first-order valence-electron chi connectivity index (χ1n) is 6.48. The van der Waals surface area contributed by atoms with Crippen molar-refractivity contribution in [3.63, 3.8) is 0 Å². The summed E-state index contributed by atoms with van der Waals surface area (Å²) in [5.41, 5.74) is 3.65. The van der Waals surface area contributed by atoms with E-state index in [1.54, 1.807) is 12.1 Å². The summed E-state index contributed by atoms with van der Waals surface area (Å²) in [4.78, 5) is 0. The standard InChI is InChI=1S/C15H14Cl2N2O2/c16-10-6-5-9(7-11(10)17)15(19-18)14-8-20-12-3-1-2-4-13(12)21-14/h1-7,14-15,19H,8,18H2. The molecule has 110 valence electrons. The molecule has 1 aliphatic rings. The number of halogens is 2. The van der Waals surface area contributed by atoms with Gasteiger partial charge in [-0.05, 0) is 29.8 Å². The van der Waals surface area contributed by atoms with Crippen LogP contribution in [0.25, 0.3) is 0 Å². The van der Waals surface area contributed by atoms with E-state index in [0.29, 0.717) is 22.4 Å². The number of benzene rings is 2. The van der Waals surface area contributed by atoms with Gasteiger partial charge >= 0.3 is 0 Å². The molecule has 0 spiro atoms. The van der Waals surface area contributed by atoms with Crippen LogP contribution >= 0.6 is 23.2 Å². The average Bonchev–Trinajstić information content (AvgIpc) is 2.51. The molecule has 0 fully saturated rings. The Balaban J connectivity index is 1.86. The van der Waals surface area contributed by atoms with E-state index in [0.717, 1.165) is 11.3 Å². The molecule has 21 heavy (non-hydrogen) atoms. The van der Waals surface area contributed by atoms with Crippen LogP contribution in [0.1, 0.15) is 11.6 Å². The van der Waals surface area contributed by atoms with Gasteiger partial charge in [0.15, 0.2) is 17.6 Å². The Hall–Kier alpha value is -1.46. The van der Waals surface area contributed by atoms with Gasteiger partial charge in [0, 0.05) is 0 Å². The number of ether oxygens (including phenoxy) is 2. The number of rotatable bonds is 3. The van der Waals surface area contributed by atoms with Crippen molar-refractivity contribution < 1.29 is 9.47 Å². The molecular formula is C15H14Cl2N2O2. The summed E-state index contributed by atoms with van der Waals surface area (Å²) in [5.74, 6) is 7.12. The lowest BCUT2D eigenvalue weighted by atomic mass is 10.0. The van der Waals surface area contributed by atoms with Gasteiger partial charge in [-0.25, -0.2) is 5.43 Å². The highest BCUT2D eigenvalue weighted by molar-refractivity contribution is 6.42. The van der Waals surface area contributed by atoms with Gasteiger partial charge in [0.05, 0.1) is 16.1 Å². The summed E-state index contributed by atoms with van der Waals surface area (Å²) in [6.07, 6.45) is -0.262. The van der Waals surface area contributed by atoms with Crippen LogP contribution in [0.2, 0.25) is 10.0 Å². The fourth-order valence-corrected chi connectivity index (χ4v) is 2.63. The number of hydrogen-bond donors (Lipinski definition) is 2. The van der Waals surface area contributed by atoms with Crippen molar-refractivity contribution in [1.82, 2.24) is 5.43 Å². The molecule has 3 rings (SSSR count). The van der Waals surface area contributed by atoms with Gasteiger partial charge in [0.2, 0.25) is 0 Å². The van der Waals surface area contributed by atoms with Gasteiger partial charge in [-0.1, -0.05) is 41.4 Å². The van der Waals surface area contributed by atoms with E-state index in [2.05, 4.69) is 5.43 Å². The molecule has 2 atom stereocenters. The average molecular weight is 325 g/mol. The van der Waals surface area contributed by atoms with Crippen LogP contribution in [-0.2, 0) is 0 Å². The molecule has 0 amide bonds. The Kier molecular flexibility index (Phi) is 4.22. The Labute approximate surface area is 132 Å². The lowest BCUT2D eigenvalue weighted by Crippen LogP contribution is -2.44. The Bertz CT molecular complexity index is 651. The Morgan fingerprint density at radius 1 is 1.10 bits per heavy atom. The van der Waals surface area contributed by atoms with Crippen LogP contribution in [0.5, 0.6) is 11.5 Å². The predicted octanol–water partition coefficient (Wildman–Crippen LogP) is 3.34. The smallest absolute Gasteiger partial charge is 0.161 e. The van der Waals surface area contributed by atoms with Crippen LogP contribution in [0, 0.1) is 0 Å². The zero-order chi connectivity index (χ0) is 14.8. The largest absolute Gasteiger partial charge is 0.486 e. The molecule has 0 aromatic heterocycles. The normalized spacial score (nSPS) is 18.3. The van der Waals surface area contributed by atoms with Crippen LogP contribution in [0.15, 0.2) is 42.5 Å². The zero-order valence-corrected chi connectivity index (χ0v) is 12.6. The van der Waals surface area contributed by atoms with Crippen molar-refractivity contribution in [2.24, 2.45) is 5.84 Å². The fourth-order valence-electron chi connectivity index (χ4n) is 2.32. The van der Waals surface area contributed by atoms with E-state index in [9.17, 15) is 0 Å². The van der Waals surface area contributed by atoms with Crippen LogP contribution in [0.4, 0.5) is 0 Å². The Morgan fingerprint density at radius 2 is 1.86 bits per heavy atom. The summed E-state index contributed by atoms with van der Waals surface area (Å²) in [5, 5.41) is 0.980. The van der Waals surface area contributed by atoms with E-state index in [-0.39, 0.29) is 12.1 Å².